The van der Waals surface area contributed by atoms with E-state index in [4.69, 9.17) is 63.1 Å². The number of hydrogen-bond donors (Lipinski definition) is 0. The summed E-state index contributed by atoms with van der Waals surface area (Å²) < 4.78 is 1.83. The Bertz CT molecular complexity index is 1650. The molecule has 0 N–H and O–H groups in total. The normalized spacial score (nSPS) is 14.2. The van der Waals surface area contributed by atoms with Crippen molar-refractivity contribution < 1.29 is 0 Å². The molecule has 0 radical (unpaired) electrons. The molecule has 10 heteroatoms. The van der Waals surface area contributed by atoms with Crippen LogP contribution in [-0.4, -0.2) is 20.0 Å². The van der Waals surface area contributed by atoms with E-state index in [-0.39, 0.29) is 5.41 Å². The monoisotopic (exact) mass is 604 g/mol. The summed E-state index contributed by atoms with van der Waals surface area (Å²) in [6.07, 6.45) is 1.90. The molecule has 0 atom stereocenters. The Hall–Kier alpha value is -2.12. The average molecular weight is 607 g/mol. The predicted octanol–water partition coefficient (Wildman–Crippen LogP) is 9.71. The van der Waals surface area contributed by atoms with Crippen molar-refractivity contribution in [2.45, 2.75) is 25.2 Å². The minimum Gasteiger partial charge on any atom is -0.231 e. The Kier molecular flexibility index (Phi) is 6.51. The highest BCUT2D eigenvalue weighted by molar-refractivity contribution is 7.14. The first-order valence-corrected chi connectivity index (χ1v) is 14.1. The molecule has 2 heterocycles. The van der Waals surface area contributed by atoms with Gasteiger partial charge < -0.3 is 0 Å². The van der Waals surface area contributed by atoms with Crippen molar-refractivity contribution in [2.75, 3.05) is 0 Å². The molecule has 1 aliphatic carbocycles. The van der Waals surface area contributed by atoms with Gasteiger partial charge in [0, 0.05) is 31.2 Å². The molecule has 0 saturated heterocycles. The quantitative estimate of drug-likeness (QED) is 0.200. The summed E-state index contributed by atoms with van der Waals surface area (Å²) in [5.41, 5.74) is 5.01. The molecule has 6 rings (SSSR count). The van der Waals surface area contributed by atoms with Gasteiger partial charge >= 0.3 is 0 Å². The lowest BCUT2D eigenvalue weighted by Crippen LogP contribution is -2.09. The first-order chi connectivity index (χ1) is 17.8. The van der Waals surface area contributed by atoms with Gasteiger partial charge in [0.15, 0.2) is 5.01 Å². The standard InChI is InChI=1S/C27H17Cl5N4S/c1-14-23(25-33-34-26(37-25)27(10-11-27)19-8-6-17(29)12-20(19)31)35-36(22-9-7-18(30)13-21(22)32)24(14)15-2-4-16(28)5-3-15/h2-9,12-13H,10-11H2,1H3. The maximum atomic E-state index is 6.61. The third kappa shape index (κ3) is 4.46. The number of hydrogen-bond acceptors (Lipinski definition) is 4. The molecule has 1 saturated carbocycles. The number of nitrogens with zero attached hydrogens (tertiary/aromatic N) is 4. The van der Waals surface area contributed by atoms with Crippen molar-refractivity contribution in [1.82, 2.24) is 20.0 Å². The summed E-state index contributed by atoms with van der Waals surface area (Å²) in [5.74, 6) is 0. The van der Waals surface area contributed by atoms with Gasteiger partial charge in [-0.15, -0.1) is 10.2 Å². The van der Waals surface area contributed by atoms with E-state index in [1.54, 1.807) is 18.2 Å². The Morgan fingerprint density at radius 3 is 2.08 bits per heavy atom. The van der Waals surface area contributed by atoms with E-state index >= 15 is 0 Å². The Labute approximate surface area is 242 Å². The molecule has 2 aromatic heterocycles. The van der Waals surface area contributed by atoms with Gasteiger partial charge in [0.2, 0.25) is 0 Å². The second kappa shape index (κ2) is 9.57. The smallest absolute Gasteiger partial charge is 0.168 e. The zero-order valence-corrected chi connectivity index (χ0v) is 23.9. The van der Waals surface area contributed by atoms with Crippen LogP contribution >= 0.6 is 69.3 Å². The number of rotatable bonds is 5. The summed E-state index contributed by atoms with van der Waals surface area (Å²) in [5, 5.41) is 18.7. The molecule has 0 unspecified atom stereocenters. The van der Waals surface area contributed by atoms with Crippen molar-refractivity contribution >= 4 is 69.3 Å². The molecule has 0 spiro atoms. The molecular weight excluding hydrogens is 590 g/mol. The Morgan fingerprint density at radius 1 is 0.784 bits per heavy atom. The molecule has 186 valence electrons. The molecule has 0 aliphatic heterocycles. The SMILES string of the molecule is Cc1c(-c2nnc(C3(c4ccc(Cl)cc4Cl)CC3)s2)nn(-c2ccc(Cl)cc2Cl)c1-c1ccc(Cl)cc1. The zero-order valence-electron chi connectivity index (χ0n) is 19.3. The van der Waals surface area contributed by atoms with Crippen molar-refractivity contribution in [3.8, 4) is 27.6 Å². The molecule has 3 aromatic carbocycles. The van der Waals surface area contributed by atoms with E-state index in [0.29, 0.717) is 30.8 Å². The van der Waals surface area contributed by atoms with Crippen LogP contribution < -0.4 is 0 Å². The molecule has 1 fully saturated rings. The molecule has 5 aromatic rings. The summed E-state index contributed by atoms with van der Waals surface area (Å²) in [6.45, 7) is 2.02. The molecule has 1 aliphatic rings. The lowest BCUT2D eigenvalue weighted by molar-refractivity contribution is 0.807. The highest BCUT2D eigenvalue weighted by Crippen LogP contribution is 2.56. The molecular formula is C27H17Cl5N4S. The van der Waals surface area contributed by atoms with Crippen LogP contribution in [0.25, 0.3) is 27.6 Å². The van der Waals surface area contributed by atoms with E-state index in [0.717, 1.165) is 50.9 Å². The van der Waals surface area contributed by atoms with Crippen LogP contribution in [0.3, 0.4) is 0 Å². The molecule has 4 nitrogen and oxygen atoms in total. The first kappa shape index (κ1) is 25.2. The van der Waals surface area contributed by atoms with Crippen molar-refractivity contribution in [3.05, 3.63) is 102 Å². The largest absolute Gasteiger partial charge is 0.231 e. The van der Waals surface area contributed by atoms with Crippen molar-refractivity contribution in [3.63, 3.8) is 0 Å². The number of aromatic nitrogens is 4. The minimum atomic E-state index is -0.243. The minimum absolute atomic E-state index is 0.243. The number of benzene rings is 3. The van der Waals surface area contributed by atoms with Crippen LogP contribution in [0, 0.1) is 6.92 Å². The Balaban J connectivity index is 1.49. The van der Waals surface area contributed by atoms with Crippen LogP contribution in [0.15, 0.2) is 60.7 Å². The van der Waals surface area contributed by atoms with Crippen LogP contribution in [0.4, 0.5) is 0 Å². The lowest BCUT2D eigenvalue weighted by Gasteiger charge is -2.14. The Morgan fingerprint density at radius 2 is 1.43 bits per heavy atom. The highest BCUT2D eigenvalue weighted by Gasteiger charge is 2.50. The molecule has 37 heavy (non-hydrogen) atoms. The fraction of sp³-hybridized carbons (Fsp3) is 0.148. The van der Waals surface area contributed by atoms with Crippen LogP contribution in [-0.2, 0) is 5.41 Å². The van der Waals surface area contributed by atoms with Gasteiger partial charge in [-0.2, -0.15) is 5.10 Å². The molecule has 0 amide bonds. The summed E-state index contributed by atoms with van der Waals surface area (Å²) in [4.78, 5) is 0. The van der Waals surface area contributed by atoms with Gasteiger partial charge in [-0.1, -0.05) is 87.5 Å². The van der Waals surface area contributed by atoms with Gasteiger partial charge in [-0.3, -0.25) is 0 Å². The summed E-state index contributed by atoms with van der Waals surface area (Å²) in [7, 11) is 0. The van der Waals surface area contributed by atoms with Crippen molar-refractivity contribution in [1.29, 1.82) is 0 Å². The highest BCUT2D eigenvalue weighted by atomic mass is 35.5. The van der Waals surface area contributed by atoms with Crippen LogP contribution in [0.2, 0.25) is 25.1 Å². The second-order valence-electron chi connectivity index (χ2n) is 8.96. The zero-order chi connectivity index (χ0) is 25.9. The van der Waals surface area contributed by atoms with E-state index in [9.17, 15) is 0 Å². The fourth-order valence-electron chi connectivity index (χ4n) is 4.59. The van der Waals surface area contributed by atoms with E-state index in [1.807, 2.05) is 54.1 Å². The van der Waals surface area contributed by atoms with Gasteiger partial charge in [0.25, 0.3) is 0 Å². The van der Waals surface area contributed by atoms with E-state index in [1.165, 1.54) is 11.3 Å². The topological polar surface area (TPSA) is 43.6 Å². The third-order valence-corrected chi connectivity index (χ3v) is 9.08. The second-order valence-corrected chi connectivity index (χ2v) is 12.1. The van der Waals surface area contributed by atoms with Gasteiger partial charge in [0.1, 0.15) is 10.7 Å². The van der Waals surface area contributed by atoms with E-state index < -0.39 is 0 Å². The first-order valence-electron chi connectivity index (χ1n) is 11.4. The van der Waals surface area contributed by atoms with Crippen molar-refractivity contribution in [2.24, 2.45) is 0 Å². The predicted molar refractivity (Wildman–Crippen MR) is 154 cm³/mol. The molecule has 0 bridgehead atoms. The fourth-order valence-corrected chi connectivity index (χ4v) is 6.94. The summed E-state index contributed by atoms with van der Waals surface area (Å²) in [6, 6.07) is 18.6. The summed E-state index contributed by atoms with van der Waals surface area (Å²) >= 11 is 33.2. The van der Waals surface area contributed by atoms with Gasteiger partial charge in [-0.05, 0) is 67.8 Å². The van der Waals surface area contributed by atoms with Crippen LogP contribution in [0.5, 0.6) is 0 Å². The van der Waals surface area contributed by atoms with Crippen LogP contribution in [0.1, 0.15) is 29.0 Å². The van der Waals surface area contributed by atoms with E-state index in [2.05, 4.69) is 10.2 Å². The third-order valence-electron chi connectivity index (χ3n) is 6.61. The average Bonchev–Trinajstić information content (AvgIpc) is 3.37. The maximum absolute atomic E-state index is 6.61. The number of halogens is 5. The maximum Gasteiger partial charge on any atom is 0.168 e. The van der Waals surface area contributed by atoms with Gasteiger partial charge in [0.05, 0.1) is 21.8 Å². The van der Waals surface area contributed by atoms with Gasteiger partial charge in [-0.25, -0.2) is 4.68 Å². The lowest BCUT2D eigenvalue weighted by atomic mass is 9.97.